The molecule has 6 nitrogen and oxygen atoms in total. The molecule has 0 fully saturated rings. The number of benzene rings is 2. The smallest absolute Gasteiger partial charge is 0.243 e. The van der Waals surface area contributed by atoms with E-state index in [1.807, 2.05) is 24.3 Å². The molecule has 0 atom stereocenters. The molecule has 3 N–H and O–H groups in total. The van der Waals surface area contributed by atoms with E-state index < -0.39 is 0 Å². The van der Waals surface area contributed by atoms with Gasteiger partial charge in [-0.25, -0.2) is 0 Å². The summed E-state index contributed by atoms with van der Waals surface area (Å²) in [5, 5.41) is 8.52. The fourth-order valence-electron chi connectivity index (χ4n) is 2.15. The van der Waals surface area contributed by atoms with E-state index in [1.165, 1.54) is 6.92 Å². The lowest BCUT2D eigenvalue weighted by molar-refractivity contribution is -0.115. The van der Waals surface area contributed by atoms with Crippen molar-refractivity contribution in [3.8, 4) is 5.75 Å². The Bertz CT molecular complexity index is 714. The highest BCUT2D eigenvalue weighted by Crippen LogP contribution is 2.17. The van der Waals surface area contributed by atoms with Crippen LogP contribution in [0.3, 0.4) is 0 Å². The van der Waals surface area contributed by atoms with E-state index in [-0.39, 0.29) is 18.4 Å². The first-order chi connectivity index (χ1) is 12.1. The van der Waals surface area contributed by atoms with Crippen molar-refractivity contribution in [1.82, 2.24) is 0 Å². The van der Waals surface area contributed by atoms with Gasteiger partial charge in [0, 0.05) is 24.0 Å². The molecular formula is C19H23N3O3. The zero-order chi connectivity index (χ0) is 18.1. The molecule has 25 heavy (non-hydrogen) atoms. The Morgan fingerprint density at radius 1 is 0.960 bits per heavy atom. The van der Waals surface area contributed by atoms with Crippen LogP contribution < -0.4 is 20.7 Å². The Morgan fingerprint density at radius 3 is 2.28 bits per heavy atom. The maximum absolute atomic E-state index is 12.0. The normalized spacial score (nSPS) is 10.0. The number of carbonyl (C=O) groups is 2. The molecule has 132 valence electrons. The minimum Gasteiger partial charge on any atom is -0.494 e. The summed E-state index contributed by atoms with van der Waals surface area (Å²) >= 11 is 0. The molecule has 0 radical (unpaired) electrons. The van der Waals surface area contributed by atoms with E-state index in [0.29, 0.717) is 18.0 Å². The van der Waals surface area contributed by atoms with Crippen molar-refractivity contribution in [2.45, 2.75) is 20.3 Å². The Balaban J connectivity index is 1.83. The van der Waals surface area contributed by atoms with Crippen LogP contribution in [-0.2, 0) is 9.59 Å². The van der Waals surface area contributed by atoms with Crippen molar-refractivity contribution in [3.05, 3.63) is 48.5 Å². The molecule has 0 saturated heterocycles. The standard InChI is InChI=1S/C19H23N3O3/c1-3-11-25-18-9-7-15(8-10-18)20-13-19(24)22-17-6-4-5-16(12-17)21-14(2)23/h4-10,12,20H,3,11,13H2,1-2H3,(H,21,23)(H,22,24). The topological polar surface area (TPSA) is 79.5 Å². The first-order valence-electron chi connectivity index (χ1n) is 8.21. The van der Waals surface area contributed by atoms with E-state index in [2.05, 4.69) is 22.9 Å². The maximum Gasteiger partial charge on any atom is 0.243 e. The predicted molar refractivity (Wildman–Crippen MR) is 100 cm³/mol. The predicted octanol–water partition coefficient (Wildman–Crippen LogP) is 3.48. The molecule has 2 aromatic rings. The van der Waals surface area contributed by atoms with Gasteiger partial charge in [-0.05, 0) is 48.9 Å². The summed E-state index contributed by atoms with van der Waals surface area (Å²) in [6, 6.07) is 14.5. The number of nitrogens with one attached hydrogen (secondary N) is 3. The van der Waals surface area contributed by atoms with Gasteiger partial charge in [-0.2, -0.15) is 0 Å². The van der Waals surface area contributed by atoms with Gasteiger partial charge in [0.1, 0.15) is 5.75 Å². The third-order valence-electron chi connectivity index (χ3n) is 3.25. The molecule has 0 saturated carbocycles. The number of carbonyl (C=O) groups excluding carboxylic acids is 2. The highest BCUT2D eigenvalue weighted by molar-refractivity contribution is 5.95. The van der Waals surface area contributed by atoms with Gasteiger partial charge in [-0.15, -0.1) is 0 Å². The number of hydrogen-bond acceptors (Lipinski definition) is 4. The molecule has 0 bridgehead atoms. The van der Waals surface area contributed by atoms with Crippen LogP contribution in [0.5, 0.6) is 5.75 Å². The van der Waals surface area contributed by atoms with Gasteiger partial charge < -0.3 is 20.7 Å². The summed E-state index contributed by atoms with van der Waals surface area (Å²) in [6.07, 6.45) is 0.962. The Hall–Kier alpha value is -3.02. The third-order valence-corrected chi connectivity index (χ3v) is 3.25. The number of ether oxygens (including phenoxy) is 1. The summed E-state index contributed by atoms with van der Waals surface area (Å²) < 4.78 is 5.52. The molecular weight excluding hydrogens is 318 g/mol. The van der Waals surface area contributed by atoms with Crippen LogP contribution in [0, 0.1) is 0 Å². The van der Waals surface area contributed by atoms with Gasteiger partial charge in [-0.1, -0.05) is 13.0 Å². The van der Waals surface area contributed by atoms with E-state index in [4.69, 9.17) is 4.74 Å². The van der Waals surface area contributed by atoms with Gasteiger partial charge in [0.05, 0.1) is 13.2 Å². The molecule has 2 aromatic carbocycles. The zero-order valence-electron chi connectivity index (χ0n) is 14.5. The van der Waals surface area contributed by atoms with E-state index in [0.717, 1.165) is 17.9 Å². The molecule has 0 aliphatic rings. The fraction of sp³-hybridized carbons (Fsp3) is 0.263. The molecule has 0 spiro atoms. The fourth-order valence-corrected chi connectivity index (χ4v) is 2.15. The summed E-state index contributed by atoms with van der Waals surface area (Å²) in [5.41, 5.74) is 2.10. The first-order valence-corrected chi connectivity index (χ1v) is 8.21. The number of amides is 2. The zero-order valence-corrected chi connectivity index (χ0v) is 14.5. The minimum absolute atomic E-state index is 0.138. The Labute approximate surface area is 147 Å². The van der Waals surface area contributed by atoms with Crippen molar-refractivity contribution in [2.24, 2.45) is 0 Å². The molecule has 2 amide bonds. The average molecular weight is 341 g/mol. The lowest BCUT2D eigenvalue weighted by atomic mass is 10.2. The lowest BCUT2D eigenvalue weighted by Gasteiger charge is -2.10. The second-order valence-electron chi connectivity index (χ2n) is 5.54. The Kier molecular flexibility index (Phi) is 6.83. The molecule has 6 heteroatoms. The molecule has 0 heterocycles. The largest absolute Gasteiger partial charge is 0.494 e. The van der Waals surface area contributed by atoms with Crippen molar-refractivity contribution in [2.75, 3.05) is 29.1 Å². The summed E-state index contributed by atoms with van der Waals surface area (Å²) in [4.78, 5) is 23.1. The van der Waals surface area contributed by atoms with Crippen LogP contribution in [0.1, 0.15) is 20.3 Å². The van der Waals surface area contributed by atoms with E-state index in [9.17, 15) is 9.59 Å². The second-order valence-corrected chi connectivity index (χ2v) is 5.54. The molecule has 2 rings (SSSR count). The lowest BCUT2D eigenvalue weighted by Crippen LogP contribution is -2.21. The quantitative estimate of drug-likeness (QED) is 0.687. The van der Waals surface area contributed by atoms with Gasteiger partial charge in [0.15, 0.2) is 0 Å². The van der Waals surface area contributed by atoms with E-state index >= 15 is 0 Å². The minimum atomic E-state index is -0.175. The van der Waals surface area contributed by atoms with Crippen molar-refractivity contribution >= 4 is 28.9 Å². The first kappa shape index (κ1) is 18.3. The maximum atomic E-state index is 12.0. The Morgan fingerprint density at radius 2 is 1.64 bits per heavy atom. The van der Waals surface area contributed by atoms with Gasteiger partial charge in [0.25, 0.3) is 0 Å². The van der Waals surface area contributed by atoms with Crippen molar-refractivity contribution in [1.29, 1.82) is 0 Å². The summed E-state index contributed by atoms with van der Waals surface area (Å²) in [6.45, 7) is 4.32. The van der Waals surface area contributed by atoms with E-state index in [1.54, 1.807) is 24.3 Å². The molecule has 0 aromatic heterocycles. The highest BCUT2D eigenvalue weighted by Gasteiger charge is 2.04. The van der Waals surface area contributed by atoms with Gasteiger partial charge in [-0.3, -0.25) is 9.59 Å². The summed E-state index contributed by atoms with van der Waals surface area (Å²) in [5.74, 6) is 0.481. The molecule has 0 aliphatic heterocycles. The SMILES string of the molecule is CCCOc1ccc(NCC(=O)Nc2cccc(NC(C)=O)c2)cc1. The number of anilines is 3. The van der Waals surface area contributed by atoms with Crippen LogP contribution in [0.2, 0.25) is 0 Å². The van der Waals surface area contributed by atoms with Crippen LogP contribution in [0.15, 0.2) is 48.5 Å². The highest BCUT2D eigenvalue weighted by atomic mass is 16.5. The number of hydrogen-bond donors (Lipinski definition) is 3. The average Bonchev–Trinajstić information content (AvgIpc) is 2.59. The second kappa shape index (κ2) is 9.32. The van der Waals surface area contributed by atoms with Gasteiger partial charge >= 0.3 is 0 Å². The van der Waals surface area contributed by atoms with Crippen molar-refractivity contribution < 1.29 is 14.3 Å². The van der Waals surface area contributed by atoms with Crippen LogP contribution in [0.25, 0.3) is 0 Å². The monoisotopic (exact) mass is 341 g/mol. The molecule has 0 aliphatic carbocycles. The third kappa shape index (κ3) is 6.55. The van der Waals surface area contributed by atoms with Gasteiger partial charge in [0.2, 0.25) is 11.8 Å². The van der Waals surface area contributed by atoms with Crippen LogP contribution in [0.4, 0.5) is 17.1 Å². The molecule has 0 unspecified atom stereocenters. The van der Waals surface area contributed by atoms with Crippen LogP contribution >= 0.6 is 0 Å². The van der Waals surface area contributed by atoms with Crippen molar-refractivity contribution in [3.63, 3.8) is 0 Å². The van der Waals surface area contributed by atoms with Crippen LogP contribution in [-0.4, -0.2) is 25.0 Å². The summed E-state index contributed by atoms with van der Waals surface area (Å²) in [7, 11) is 0. The number of rotatable bonds is 8.